The van der Waals surface area contributed by atoms with Gasteiger partial charge in [-0.15, -0.1) is 0 Å². The first kappa shape index (κ1) is 27.2. The zero-order valence-electron chi connectivity index (χ0n) is 22.5. The second-order valence-electron chi connectivity index (χ2n) is 10.1. The summed E-state index contributed by atoms with van der Waals surface area (Å²) in [5, 5.41) is 0. The lowest BCUT2D eigenvalue weighted by molar-refractivity contribution is -0.137. The highest BCUT2D eigenvalue weighted by molar-refractivity contribution is 7.89. The third-order valence-corrected chi connectivity index (χ3v) is 9.46. The van der Waals surface area contributed by atoms with Crippen LogP contribution in [0.2, 0.25) is 0 Å². The number of hydrogen-bond acceptors (Lipinski definition) is 6. The maximum atomic E-state index is 13.7. The monoisotopic (exact) mass is 530 g/mol. The Kier molecular flexibility index (Phi) is 7.99. The lowest BCUT2D eigenvalue weighted by atomic mass is 9.97. The van der Waals surface area contributed by atoms with Crippen molar-refractivity contribution < 1.29 is 22.7 Å². The van der Waals surface area contributed by atoms with Gasteiger partial charge in [0.15, 0.2) is 0 Å². The van der Waals surface area contributed by atoms with Crippen LogP contribution in [0.3, 0.4) is 0 Å². The molecule has 1 N–H and O–H groups in total. The molecule has 0 saturated carbocycles. The number of amides is 1. The van der Waals surface area contributed by atoms with Gasteiger partial charge in [0.05, 0.1) is 12.5 Å². The lowest BCUT2D eigenvalue weighted by Crippen LogP contribution is -2.53. The van der Waals surface area contributed by atoms with Crippen molar-refractivity contribution in [3.05, 3.63) is 46.3 Å². The highest BCUT2D eigenvalue weighted by Crippen LogP contribution is 2.31. The molecule has 2 aliphatic heterocycles. The van der Waals surface area contributed by atoms with Crippen LogP contribution in [-0.2, 0) is 19.6 Å². The van der Waals surface area contributed by atoms with Gasteiger partial charge in [0.25, 0.3) is 0 Å². The zero-order valence-corrected chi connectivity index (χ0v) is 23.3. The number of aromatic amines is 1. The number of H-pyrrole nitrogens is 1. The van der Waals surface area contributed by atoms with E-state index in [0.29, 0.717) is 43.9 Å². The number of benzene rings is 1. The molecule has 1 aromatic carbocycles. The molecule has 1 aromatic heterocycles. The van der Waals surface area contributed by atoms with E-state index in [0.717, 1.165) is 13.1 Å². The molecule has 0 radical (unpaired) electrons. The van der Waals surface area contributed by atoms with Crippen molar-refractivity contribution in [1.82, 2.24) is 14.2 Å². The molecule has 37 heavy (non-hydrogen) atoms. The molecule has 4 rings (SSSR count). The molecule has 202 valence electrons. The molecule has 3 heterocycles. The molecule has 1 amide bonds. The number of anilines is 1. The molecule has 10 heteroatoms. The molecular formula is C27H38N4O5S. The Morgan fingerprint density at radius 3 is 2.41 bits per heavy atom. The summed E-state index contributed by atoms with van der Waals surface area (Å²) in [5.74, 6) is -1.05. The number of piperazine rings is 1. The quantitative estimate of drug-likeness (QED) is 0.576. The van der Waals surface area contributed by atoms with E-state index in [-0.39, 0.29) is 29.5 Å². The minimum Gasteiger partial charge on any atom is -0.462 e. The lowest BCUT2D eigenvalue weighted by Gasteiger charge is -2.40. The number of esters is 1. The smallest absolute Gasteiger partial charge is 0.341 e. The van der Waals surface area contributed by atoms with Crippen LogP contribution in [0.1, 0.15) is 52.6 Å². The van der Waals surface area contributed by atoms with Crippen LogP contribution >= 0.6 is 0 Å². The average molecular weight is 531 g/mol. The topological polar surface area (TPSA) is 103 Å². The van der Waals surface area contributed by atoms with E-state index in [1.54, 1.807) is 20.8 Å². The summed E-state index contributed by atoms with van der Waals surface area (Å²) in [6.07, 6.45) is 1.24. The highest BCUT2D eigenvalue weighted by Gasteiger charge is 2.39. The van der Waals surface area contributed by atoms with Crippen LogP contribution in [0.25, 0.3) is 0 Å². The van der Waals surface area contributed by atoms with Gasteiger partial charge in [0.1, 0.15) is 10.5 Å². The van der Waals surface area contributed by atoms with E-state index < -0.39 is 21.9 Å². The predicted octanol–water partition coefficient (Wildman–Crippen LogP) is 3.17. The number of piperidine rings is 1. The van der Waals surface area contributed by atoms with Crippen molar-refractivity contribution in [3.63, 3.8) is 0 Å². The Hall–Kier alpha value is -2.85. The Bertz CT molecular complexity index is 1280. The van der Waals surface area contributed by atoms with E-state index in [1.165, 1.54) is 21.1 Å². The molecule has 9 nitrogen and oxygen atoms in total. The van der Waals surface area contributed by atoms with Gasteiger partial charge in [0, 0.05) is 56.3 Å². The maximum absolute atomic E-state index is 13.7. The molecule has 0 aliphatic carbocycles. The summed E-state index contributed by atoms with van der Waals surface area (Å²) in [4.78, 5) is 33.2. The van der Waals surface area contributed by atoms with Crippen LogP contribution in [0.4, 0.5) is 5.69 Å². The van der Waals surface area contributed by atoms with Gasteiger partial charge in [-0.05, 0) is 64.7 Å². The molecule has 2 fully saturated rings. The summed E-state index contributed by atoms with van der Waals surface area (Å²) in [6, 6.07) is 6.42. The first-order valence-corrected chi connectivity index (χ1v) is 14.5. The van der Waals surface area contributed by atoms with Crippen LogP contribution in [-0.4, -0.2) is 80.4 Å². The van der Waals surface area contributed by atoms with Crippen molar-refractivity contribution in [3.8, 4) is 0 Å². The summed E-state index contributed by atoms with van der Waals surface area (Å²) in [7, 11) is -3.99. The summed E-state index contributed by atoms with van der Waals surface area (Å²) >= 11 is 0. The van der Waals surface area contributed by atoms with Crippen molar-refractivity contribution >= 4 is 27.6 Å². The molecule has 0 spiro atoms. The number of nitrogens with zero attached hydrogens (tertiary/aromatic N) is 3. The van der Waals surface area contributed by atoms with E-state index in [4.69, 9.17) is 4.74 Å². The van der Waals surface area contributed by atoms with Crippen molar-refractivity contribution in [2.45, 2.75) is 52.4 Å². The summed E-state index contributed by atoms with van der Waals surface area (Å²) < 4.78 is 33.9. The van der Waals surface area contributed by atoms with E-state index >= 15 is 0 Å². The van der Waals surface area contributed by atoms with Gasteiger partial charge < -0.3 is 19.5 Å². The largest absolute Gasteiger partial charge is 0.462 e. The Morgan fingerprint density at radius 2 is 1.73 bits per heavy atom. The van der Waals surface area contributed by atoms with Gasteiger partial charge in [-0.25, -0.2) is 13.2 Å². The minimum atomic E-state index is -3.99. The summed E-state index contributed by atoms with van der Waals surface area (Å²) in [6.45, 7) is 12.5. The van der Waals surface area contributed by atoms with Gasteiger partial charge in [-0.3, -0.25) is 4.79 Å². The second-order valence-corrected chi connectivity index (χ2v) is 12.0. The first-order valence-electron chi connectivity index (χ1n) is 13.0. The zero-order chi connectivity index (χ0) is 26.9. The van der Waals surface area contributed by atoms with Crippen molar-refractivity contribution in [1.29, 1.82) is 0 Å². The van der Waals surface area contributed by atoms with E-state index in [2.05, 4.69) is 41.9 Å². The molecule has 1 atom stereocenters. The molecule has 0 bridgehead atoms. The first-order chi connectivity index (χ1) is 17.5. The van der Waals surface area contributed by atoms with Crippen LogP contribution in [0.5, 0.6) is 0 Å². The number of hydrogen-bond donors (Lipinski definition) is 1. The molecule has 2 aromatic rings. The number of carbonyl (C=O) groups excluding carboxylic acids is 2. The number of carbonyl (C=O) groups is 2. The Morgan fingerprint density at radius 1 is 1.03 bits per heavy atom. The Balaban J connectivity index is 1.47. The van der Waals surface area contributed by atoms with Gasteiger partial charge >= 0.3 is 5.97 Å². The fourth-order valence-corrected chi connectivity index (χ4v) is 7.44. The molecule has 2 aliphatic rings. The molecular weight excluding hydrogens is 492 g/mol. The van der Waals surface area contributed by atoms with Gasteiger partial charge in [-0.2, -0.15) is 4.31 Å². The van der Waals surface area contributed by atoms with Gasteiger partial charge in [-0.1, -0.05) is 12.1 Å². The van der Waals surface area contributed by atoms with Crippen molar-refractivity contribution in [2.75, 3.05) is 50.8 Å². The third kappa shape index (κ3) is 5.40. The highest BCUT2D eigenvalue weighted by atomic mass is 32.2. The molecule has 0 unspecified atom stereocenters. The number of nitrogens with one attached hydrogen (secondary N) is 1. The molecule has 2 saturated heterocycles. The predicted molar refractivity (Wildman–Crippen MR) is 142 cm³/mol. The van der Waals surface area contributed by atoms with Crippen LogP contribution < -0.4 is 4.90 Å². The second kappa shape index (κ2) is 10.9. The van der Waals surface area contributed by atoms with Crippen LogP contribution in [0, 0.1) is 33.6 Å². The standard InChI is InChI=1S/C27H38N4O5S/c1-6-36-27(33)24-20(4)28-21(5)25(24)37(34,35)31-11-7-8-22(17-31)26(32)30-14-12-29(13-15-30)23-16-18(2)9-10-19(23)3/h9-10,16,22,28H,6-8,11-15,17H2,1-5H3/t22-/m1/s1. The number of rotatable bonds is 6. The van der Waals surface area contributed by atoms with E-state index in [9.17, 15) is 18.0 Å². The number of aromatic nitrogens is 1. The summed E-state index contributed by atoms with van der Waals surface area (Å²) in [5.41, 5.74) is 4.54. The minimum absolute atomic E-state index is 0.00750. The van der Waals surface area contributed by atoms with E-state index in [1.807, 2.05) is 4.90 Å². The third-order valence-electron chi connectivity index (χ3n) is 7.43. The normalized spacial score (nSPS) is 19.2. The fraction of sp³-hybridized carbons (Fsp3) is 0.556. The Labute approximate surface area is 219 Å². The number of aryl methyl sites for hydroxylation is 4. The average Bonchev–Trinajstić information content (AvgIpc) is 3.19. The SMILES string of the molecule is CCOC(=O)c1c(C)[nH]c(C)c1S(=O)(=O)N1CCC[C@@H](C(=O)N2CCN(c3cc(C)ccc3C)CC2)C1. The number of ether oxygens (including phenoxy) is 1. The van der Waals surface area contributed by atoms with Crippen molar-refractivity contribution in [2.24, 2.45) is 5.92 Å². The van der Waals surface area contributed by atoms with Crippen LogP contribution in [0.15, 0.2) is 23.1 Å². The number of sulfonamides is 1. The van der Waals surface area contributed by atoms with Gasteiger partial charge in [0.2, 0.25) is 15.9 Å². The fourth-order valence-electron chi connectivity index (χ4n) is 5.51. The maximum Gasteiger partial charge on any atom is 0.341 e.